The summed E-state index contributed by atoms with van der Waals surface area (Å²) in [6.07, 6.45) is 3.68. The molecule has 0 aliphatic heterocycles. The minimum absolute atomic E-state index is 0.153. The Bertz CT molecular complexity index is 301. The molecule has 0 fully saturated rings. The first kappa shape index (κ1) is 14.3. The van der Waals surface area contributed by atoms with E-state index in [1.165, 1.54) is 5.75 Å². The number of pyridine rings is 1. The molecule has 0 bridgehead atoms. The molecule has 0 spiro atoms. The number of rotatable bonds is 8. The largest absolute Gasteiger partial charge is 0.492 e. The molecule has 96 valence electrons. The van der Waals surface area contributed by atoms with Gasteiger partial charge in [-0.2, -0.15) is 11.8 Å². The molecule has 3 nitrogen and oxygen atoms in total. The first-order valence-electron chi connectivity index (χ1n) is 6.13. The highest BCUT2D eigenvalue weighted by molar-refractivity contribution is 7.99. The van der Waals surface area contributed by atoms with Crippen molar-refractivity contribution in [2.24, 2.45) is 5.73 Å². The summed E-state index contributed by atoms with van der Waals surface area (Å²) in [6.45, 7) is 4.92. The lowest BCUT2D eigenvalue weighted by molar-refractivity contribution is 0.317. The van der Waals surface area contributed by atoms with E-state index in [-0.39, 0.29) is 6.04 Å². The Hall–Kier alpha value is -0.740. The van der Waals surface area contributed by atoms with E-state index in [1.54, 1.807) is 6.20 Å². The maximum absolute atomic E-state index is 5.72. The van der Waals surface area contributed by atoms with E-state index >= 15 is 0 Å². The van der Waals surface area contributed by atoms with Gasteiger partial charge in [0.05, 0.1) is 12.8 Å². The van der Waals surface area contributed by atoms with Crippen molar-refractivity contribution < 1.29 is 4.74 Å². The Kier molecular flexibility index (Phi) is 7.05. The van der Waals surface area contributed by atoms with Crippen molar-refractivity contribution >= 4 is 11.8 Å². The molecule has 0 saturated carbocycles. The molecule has 4 heteroatoms. The van der Waals surface area contributed by atoms with Crippen molar-refractivity contribution in [1.82, 2.24) is 4.98 Å². The third kappa shape index (κ3) is 6.54. The average Bonchev–Trinajstić information content (AvgIpc) is 2.30. The Morgan fingerprint density at radius 1 is 1.47 bits per heavy atom. The van der Waals surface area contributed by atoms with E-state index in [0.29, 0.717) is 0 Å². The number of nitrogens with zero attached hydrogens (tertiary/aromatic N) is 1. The fourth-order valence-electron chi connectivity index (χ4n) is 1.44. The molecule has 17 heavy (non-hydrogen) atoms. The molecule has 1 unspecified atom stereocenters. The van der Waals surface area contributed by atoms with Crippen LogP contribution in [-0.4, -0.2) is 29.1 Å². The van der Waals surface area contributed by atoms with Crippen LogP contribution < -0.4 is 10.5 Å². The summed E-state index contributed by atoms with van der Waals surface area (Å²) in [4.78, 5) is 4.32. The first-order valence-corrected chi connectivity index (χ1v) is 7.29. The molecular weight excluding hydrogens is 232 g/mol. The minimum atomic E-state index is 0.153. The SMILES string of the molecule is CCSCCCOc1ccc(CC(C)N)nc1. The summed E-state index contributed by atoms with van der Waals surface area (Å²) in [7, 11) is 0. The van der Waals surface area contributed by atoms with Gasteiger partial charge < -0.3 is 10.5 Å². The van der Waals surface area contributed by atoms with Crippen LogP contribution in [0.15, 0.2) is 18.3 Å². The van der Waals surface area contributed by atoms with Crippen LogP contribution in [0.25, 0.3) is 0 Å². The van der Waals surface area contributed by atoms with E-state index in [2.05, 4.69) is 11.9 Å². The standard InChI is InChI=1S/C13H22N2OS/c1-3-17-8-4-7-16-13-6-5-12(15-10-13)9-11(2)14/h5-6,10-11H,3-4,7-9,14H2,1-2H3. The molecule has 2 N–H and O–H groups in total. The molecule has 0 amide bonds. The topological polar surface area (TPSA) is 48.1 Å². The molecule has 0 saturated heterocycles. The molecule has 1 rings (SSSR count). The number of thioether (sulfide) groups is 1. The molecular formula is C13H22N2OS. The van der Waals surface area contributed by atoms with Gasteiger partial charge in [0.1, 0.15) is 5.75 Å². The summed E-state index contributed by atoms with van der Waals surface area (Å²) in [5.41, 5.74) is 6.74. The van der Waals surface area contributed by atoms with Gasteiger partial charge in [0.25, 0.3) is 0 Å². The summed E-state index contributed by atoms with van der Waals surface area (Å²) in [5, 5.41) is 0. The monoisotopic (exact) mass is 254 g/mol. The van der Waals surface area contributed by atoms with Crippen LogP contribution in [0.1, 0.15) is 26.0 Å². The predicted molar refractivity (Wildman–Crippen MR) is 74.7 cm³/mol. The Morgan fingerprint density at radius 2 is 2.29 bits per heavy atom. The van der Waals surface area contributed by atoms with Crippen LogP contribution in [0.5, 0.6) is 5.75 Å². The lowest BCUT2D eigenvalue weighted by atomic mass is 10.2. The van der Waals surface area contributed by atoms with Crippen molar-refractivity contribution in [1.29, 1.82) is 0 Å². The zero-order valence-corrected chi connectivity index (χ0v) is 11.5. The van der Waals surface area contributed by atoms with E-state index in [0.717, 1.165) is 36.6 Å². The van der Waals surface area contributed by atoms with E-state index in [4.69, 9.17) is 10.5 Å². The van der Waals surface area contributed by atoms with Crippen molar-refractivity contribution in [3.63, 3.8) is 0 Å². The van der Waals surface area contributed by atoms with E-state index < -0.39 is 0 Å². The van der Waals surface area contributed by atoms with Crippen molar-refractivity contribution in [2.75, 3.05) is 18.1 Å². The van der Waals surface area contributed by atoms with Gasteiger partial charge in [-0.3, -0.25) is 4.98 Å². The van der Waals surface area contributed by atoms with Gasteiger partial charge in [-0.05, 0) is 37.0 Å². The molecule has 1 atom stereocenters. The van der Waals surface area contributed by atoms with Crippen molar-refractivity contribution in [3.8, 4) is 5.75 Å². The second-order valence-corrected chi connectivity index (χ2v) is 5.46. The zero-order chi connectivity index (χ0) is 12.5. The summed E-state index contributed by atoms with van der Waals surface area (Å²) in [6, 6.07) is 4.11. The first-order chi connectivity index (χ1) is 8.22. The summed E-state index contributed by atoms with van der Waals surface area (Å²) in [5.74, 6) is 3.18. The summed E-state index contributed by atoms with van der Waals surface area (Å²) < 4.78 is 5.61. The Labute approximate surface area is 108 Å². The molecule has 1 heterocycles. The van der Waals surface area contributed by atoms with Gasteiger partial charge in [0, 0.05) is 18.2 Å². The van der Waals surface area contributed by atoms with Crippen LogP contribution in [-0.2, 0) is 6.42 Å². The fraction of sp³-hybridized carbons (Fsp3) is 0.615. The predicted octanol–water partition coefficient (Wildman–Crippen LogP) is 2.49. The highest BCUT2D eigenvalue weighted by Gasteiger charge is 2.00. The molecule has 1 aromatic heterocycles. The molecule has 1 aromatic rings. The summed E-state index contributed by atoms with van der Waals surface area (Å²) >= 11 is 1.94. The smallest absolute Gasteiger partial charge is 0.137 e. The number of hydrogen-bond donors (Lipinski definition) is 1. The number of aromatic nitrogens is 1. The van der Waals surface area contributed by atoms with E-state index in [9.17, 15) is 0 Å². The third-order valence-electron chi connectivity index (χ3n) is 2.23. The van der Waals surface area contributed by atoms with Gasteiger partial charge in [-0.15, -0.1) is 0 Å². The fourth-order valence-corrected chi connectivity index (χ4v) is 2.05. The average molecular weight is 254 g/mol. The van der Waals surface area contributed by atoms with Gasteiger partial charge in [-0.1, -0.05) is 6.92 Å². The van der Waals surface area contributed by atoms with Crippen LogP contribution in [0.4, 0.5) is 0 Å². The van der Waals surface area contributed by atoms with Crippen molar-refractivity contribution in [2.45, 2.75) is 32.7 Å². The van der Waals surface area contributed by atoms with Gasteiger partial charge >= 0.3 is 0 Å². The zero-order valence-electron chi connectivity index (χ0n) is 10.7. The van der Waals surface area contributed by atoms with E-state index in [1.807, 2.05) is 30.8 Å². The molecule has 0 aromatic carbocycles. The van der Waals surface area contributed by atoms with Crippen LogP contribution >= 0.6 is 11.8 Å². The number of hydrogen-bond acceptors (Lipinski definition) is 4. The normalized spacial score (nSPS) is 12.4. The van der Waals surface area contributed by atoms with Gasteiger partial charge in [0.2, 0.25) is 0 Å². The third-order valence-corrected chi connectivity index (χ3v) is 3.22. The molecule has 0 radical (unpaired) electrons. The van der Waals surface area contributed by atoms with Crippen LogP contribution in [0, 0.1) is 0 Å². The Balaban J connectivity index is 2.25. The van der Waals surface area contributed by atoms with Crippen molar-refractivity contribution in [3.05, 3.63) is 24.0 Å². The van der Waals surface area contributed by atoms with Gasteiger partial charge in [-0.25, -0.2) is 0 Å². The van der Waals surface area contributed by atoms with Gasteiger partial charge in [0.15, 0.2) is 0 Å². The number of nitrogens with two attached hydrogens (primary N) is 1. The lowest BCUT2D eigenvalue weighted by Crippen LogP contribution is -2.18. The quantitative estimate of drug-likeness (QED) is 0.724. The van der Waals surface area contributed by atoms with Crippen LogP contribution in [0.3, 0.4) is 0 Å². The lowest BCUT2D eigenvalue weighted by Gasteiger charge is -2.07. The highest BCUT2D eigenvalue weighted by Crippen LogP contribution is 2.11. The minimum Gasteiger partial charge on any atom is -0.492 e. The second-order valence-electron chi connectivity index (χ2n) is 4.07. The van der Waals surface area contributed by atoms with Crippen LogP contribution in [0.2, 0.25) is 0 Å². The Morgan fingerprint density at radius 3 is 2.88 bits per heavy atom. The second kappa shape index (κ2) is 8.37. The molecule has 0 aliphatic rings. The maximum atomic E-state index is 5.72. The number of ether oxygens (including phenoxy) is 1. The maximum Gasteiger partial charge on any atom is 0.137 e. The molecule has 0 aliphatic carbocycles. The highest BCUT2D eigenvalue weighted by atomic mass is 32.2.